The van der Waals surface area contributed by atoms with Crippen molar-refractivity contribution in [3.05, 3.63) is 52.4 Å². The van der Waals surface area contributed by atoms with Crippen LogP contribution < -0.4 is 10.4 Å². The minimum absolute atomic E-state index is 0.000181. The van der Waals surface area contributed by atoms with Gasteiger partial charge < -0.3 is 0 Å². The van der Waals surface area contributed by atoms with E-state index in [-0.39, 0.29) is 22.7 Å². The summed E-state index contributed by atoms with van der Waals surface area (Å²) >= 11 is 6.27. The first-order valence-electron chi connectivity index (χ1n) is 11.5. The highest BCUT2D eigenvalue weighted by molar-refractivity contribution is 6.32. The number of piperazine rings is 1. The van der Waals surface area contributed by atoms with Crippen LogP contribution in [-0.2, 0) is 6.54 Å². The van der Waals surface area contributed by atoms with Crippen LogP contribution in [-0.4, -0.2) is 64.4 Å². The predicted molar refractivity (Wildman–Crippen MR) is 128 cm³/mol. The van der Waals surface area contributed by atoms with Crippen LogP contribution in [0.25, 0.3) is 0 Å². The minimum atomic E-state index is -0.255. The molecule has 1 N–H and O–H groups in total. The summed E-state index contributed by atoms with van der Waals surface area (Å²) in [5.74, 6) is 0.285. The van der Waals surface area contributed by atoms with E-state index in [0.29, 0.717) is 24.0 Å². The molecule has 2 aliphatic rings. The van der Waals surface area contributed by atoms with Gasteiger partial charge in [-0.25, -0.2) is 4.98 Å². The van der Waals surface area contributed by atoms with Crippen molar-refractivity contribution >= 4 is 23.3 Å². The number of nitrogens with zero attached hydrogens (tertiary/aromatic N) is 6. The first-order chi connectivity index (χ1) is 15.9. The molecule has 1 aromatic heterocycles. The Hall–Kier alpha value is -2.73. The lowest BCUT2D eigenvalue weighted by Gasteiger charge is -2.37. The molecule has 8 nitrogen and oxygen atoms in total. The van der Waals surface area contributed by atoms with Gasteiger partial charge in [0, 0.05) is 44.3 Å². The number of nitrogens with one attached hydrogen (secondary N) is 1. The van der Waals surface area contributed by atoms with Crippen molar-refractivity contribution in [3.63, 3.8) is 0 Å². The Morgan fingerprint density at radius 3 is 2.82 bits per heavy atom. The molecule has 174 valence electrons. The predicted octanol–water partition coefficient (Wildman–Crippen LogP) is 3.09. The van der Waals surface area contributed by atoms with Crippen LogP contribution in [0, 0.1) is 17.2 Å². The summed E-state index contributed by atoms with van der Waals surface area (Å²) < 4.78 is 0. The van der Waals surface area contributed by atoms with E-state index in [1.807, 2.05) is 44.2 Å². The molecule has 1 unspecified atom stereocenters. The van der Waals surface area contributed by atoms with Crippen LogP contribution >= 0.6 is 11.6 Å². The van der Waals surface area contributed by atoms with Crippen LogP contribution in [0.1, 0.15) is 48.4 Å². The first-order valence-corrected chi connectivity index (χ1v) is 11.9. The minimum Gasteiger partial charge on any atom is -0.298 e. The molecular weight excluding hydrogens is 438 g/mol. The Bertz CT molecular complexity index is 1020. The number of anilines is 1. The zero-order valence-corrected chi connectivity index (χ0v) is 19.9. The fourth-order valence-corrected chi connectivity index (χ4v) is 4.75. The van der Waals surface area contributed by atoms with Crippen LogP contribution in [0.2, 0.25) is 5.02 Å². The van der Waals surface area contributed by atoms with Crippen LogP contribution in [0.3, 0.4) is 0 Å². The van der Waals surface area contributed by atoms with Gasteiger partial charge in [0.15, 0.2) is 5.82 Å². The number of fused-ring (bicyclic) bond motifs is 1. The lowest BCUT2D eigenvalue weighted by Crippen LogP contribution is -2.49. The van der Waals surface area contributed by atoms with Crippen molar-refractivity contribution in [2.45, 2.75) is 39.3 Å². The molecule has 33 heavy (non-hydrogen) atoms. The summed E-state index contributed by atoms with van der Waals surface area (Å²) in [5, 5.41) is 11.0. The molecule has 9 heteroatoms. The van der Waals surface area contributed by atoms with Crippen molar-refractivity contribution in [2.24, 2.45) is 5.92 Å². The van der Waals surface area contributed by atoms with Crippen LogP contribution in [0.15, 0.2) is 30.5 Å². The molecule has 0 spiro atoms. The Labute approximate surface area is 200 Å². The second-order valence-electron chi connectivity index (χ2n) is 9.19. The molecule has 2 aromatic rings. The molecule has 0 saturated carbocycles. The standard InChI is InChI=1S/C24H30ClN7O/c1-17(2)14-32(23-21(25)13-27-22(12-26)28-23)29-24(33)19-7-5-18(6-8-19)15-30-10-11-31-9-3-4-20(31)16-30/h5-8,13,17,20H,3-4,9-11,14-16H2,1-2H3,(H,29,33). The lowest BCUT2D eigenvalue weighted by molar-refractivity contribution is 0.0947. The fraction of sp³-hybridized carbons (Fsp3) is 0.500. The summed E-state index contributed by atoms with van der Waals surface area (Å²) in [5.41, 5.74) is 4.65. The highest BCUT2D eigenvalue weighted by Gasteiger charge is 2.30. The van der Waals surface area contributed by atoms with E-state index in [1.165, 1.54) is 31.1 Å². The zero-order chi connectivity index (χ0) is 23.4. The van der Waals surface area contributed by atoms with E-state index in [2.05, 4.69) is 25.2 Å². The van der Waals surface area contributed by atoms with Gasteiger partial charge in [-0.2, -0.15) is 10.2 Å². The number of carbonyl (C=O) groups is 1. The summed E-state index contributed by atoms with van der Waals surface area (Å²) in [4.78, 5) is 26.2. The average Bonchev–Trinajstić information content (AvgIpc) is 3.27. The van der Waals surface area contributed by atoms with E-state index in [0.717, 1.165) is 26.2 Å². The molecule has 0 radical (unpaired) electrons. The zero-order valence-electron chi connectivity index (χ0n) is 19.2. The lowest BCUT2D eigenvalue weighted by atomic mass is 10.1. The number of halogens is 1. The Morgan fingerprint density at radius 1 is 1.30 bits per heavy atom. The maximum Gasteiger partial charge on any atom is 0.269 e. The molecule has 1 aromatic carbocycles. The number of benzene rings is 1. The normalized spacial score (nSPS) is 18.7. The van der Waals surface area contributed by atoms with Gasteiger partial charge in [0.25, 0.3) is 5.91 Å². The topological polar surface area (TPSA) is 88.4 Å². The van der Waals surface area contributed by atoms with Gasteiger partial charge in [-0.15, -0.1) is 0 Å². The van der Waals surface area contributed by atoms with E-state index < -0.39 is 0 Å². The van der Waals surface area contributed by atoms with Crippen LogP contribution in [0.5, 0.6) is 0 Å². The van der Waals surface area contributed by atoms with Gasteiger partial charge in [0.1, 0.15) is 11.1 Å². The SMILES string of the molecule is CC(C)CN(NC(=O)c1ccc(CN2CCN3CCCC3C2)cc1)c1nc(C#N)ncc1Cl. The van der Waals surface area contributed by atoms with Crippen molar-refractivity contribution in [2.75, 3.05) is 37.7 Å². The number of carbonyl (C=O) groups excluding carboxylic acids is 1. The van der Waals surface area contributed by atoms with Gasteiger partial charge in [-0.3, -0.25) is 25.0 Å². The summed E-state index contributed by atoms with van der Waals surface area (Å²) in [7, 11) is 0. The molecule has 1 atom stereocenters. The van der Waals surface area contributed by atoms with Crippen molar-refractivity contribution in [3.8, 4) is 6.07 Å². The second-order valence-corrected chi connectivity index (χ2v) is 9.59. The van der Waals surface area contributed by atoms with Gasteiger partial charge in [0.2, 0.25) is 5.82 Å². The number of amides is 1. The van der Waals surface area contributed by atoms with E-state index in [1.54, 1.807) is 5.01 Å². The van der Waals surface area contributed by atoms with E-state index in [4.69, 9.17) is 16.9 Å². The molecular formula is C24H30ClN7O. The number of aromatic nitrogens is 2. The van der Waals surface area contributed by atoms with Crippen molar-refractivity contribution in [1.82, 2.24) is 25.2 Å². The van der Waals surface area contributed by atoms with E-state index in [9.17, 15) is 4.79 Å². The average molecular weight is 468 g/mol. The number of hydrogen-bond donors (Lipinski definition) is 1. The molecule has 2 fully saturated rings. The van der Waals surface area contributed by atoms with Gasteiger partial charge in [-0.1, -0.05) is 37.6 Å². The third-order valence-electron chi connectivity index (χ3n) is 6.16. The molecule has 0 bridgehead atoms. The number of nitriles is 1. The summed E-state index contributed by atoms with van der Waals surface area (Å²) in [6, 6.07) is 10.4. The smallest absolute Gasteiger partial charge is 0.269 e. The molecule has 4 rings (SSSR count). The number of hydrazine groups is 1. The molecule has 3 heterocycles. The third-order valence-corrected chi connectivity index (χ3v) is 6.43. The summed E-state index contributed by atoms with van der Waals surface area (Å²) in [6.07, 6.45) is 3.99. The van der Waals surface area contributed by atoms with Gasteiger partial charge in [-0.05, 0) is 43.0 Å². The highest BCUT2D eigenvalue weighted by atomic mass is 35.5. The fourth-order valence-electron chi connectivity index (χ4n) is 4.56. The maximum atomic E-state index is 13.0. The second kappa shape index (κ2) is 10.5. The van der Waals surface area contributed by atoms with Crippen LogP contribution in [0.4, 0.5) is 5.82 Å². The summed E-state index contributed by atoms with van der Waals surface area (Å²) in [6.45, 7) is 10.0. The Balaban J connectivity index is 1.41. The molecule has 2 aliphatic heterocycles. The maximum absolute atomic E-state index is 13.0. The first kappa shape index (κ1) is 23.4. The van der Waals surface area contributed by atoms with Gasteiger partial charge in [0.05, 0.1) is 6.20 Å². The molecule has 0 aliphatic carbocycles. The van der Waals surface area contributed by atoms with Crippen molar-refractivity contribution < 1.29 is 4.79 Å². The molecule has 1 amide bonds. The van der Waals surface area contributed by atoms with E-state index >= 15 is 0 Å². The Morgan fingerprint density at radius 2 is 2.09 bits per heavy atom. The van der Waals surface area contributed by atoms with Gasteiger partial charge >= 0.3 is 0 Å². The van der Waals surface area contributed by atoms with Crippen molar-refractivity contribution in [1.29, 1.82) is 5.26 Å². The highest BCUT2D eigenvalue weighted by Crippen LogP contribution is 2.24. The number of hydrogen-bond acceptors (Lipinski definition) is 7. The third kappa shape index (κ3) is 5.80. The monoisotopic (exact) mass is 467 g/mol. The molecule has 2 saturated heterocycles. The largest absolute Gasteiger partial charge is 0.298 e. The quantitative estimate of drug-likeness (QED) is 0.626. The Kier molecular flexibility index (Phi) is 7.43. The number of rotatable bonds is 7.